The Labute approximate surface area is 178 Å². The van der Waals surface area contributed by atoms with Crippen LogP contribution in [0.3, 0.4) is 0 Å². The summed E-state index contributed by atoms with van der Waals surface area (Å²) in [6.45, 7) is 7.65. The minimum atomic E-state index is -0.759. The van der Waals surface area contributed by atoms with Crippen molar-refractivity contribution in [3.63, 3.8) is 0 Å². The van der Waals surface area contributed by atoms with Gasteiger partial charge in [0.25, 0.3) is 5.82 Å². The lowest BCUT2D eigenvalue weighted by molar-refractivity contribution is -0.388. The van der Waals surface area contributed by atoms with Crippen molar-refractivity contribution in [3.8, 4) is 17.1 Å². The van der Waals surface area contributed by atoms with Gasteiger partial charge >= 0.3 is 11.9 Å². The molecule has 0 fully saturated rings. The Morgan fingerprint density at radius 2 is 2.00 bits per heavy atom. The van der Waals surface area contributed by atoms with Gasteiger partial charge in [-0.2, -0.15) is 0 Å². The fourth-order valence-electron chi connectivity index (χ4n) is 2.69. The maximum Gasteiger partial charge on any atom is 0.415 e. The summed E-state index contributed by atoms with van der Waals surface area (Å²) in [4.78, 5) is 26.8. The number of carbonyl (C=O) groups is 1. The van der Waals surface area contributed by atoms with E-state index in [1.54, 1.807) is 45.0 Å². The number of anilines is 1. The van der Waals surface area contributed by atoms with Crippen LogP contribution in [-0.2, 0) is 9.47 Å². The van der Waals surface area contributed by atoms with E-state index in [2.05, 4.69) is 10.3 Å². The van der Waals surface area contributed by atoms with E-state index in [0.717, 1.165) is 0 Å². The summed E-state index contributed by atoms with van der Waals surface area (Å²) in [7, 11) is 0. The number of hydrogen-bond acceptors (Lipinski definition) is 8. The number of nitrogens with one attached hydrogen (secondary N) is 1. The van der Waals surface area contributed by atoms with Crippen molar-refractivity contribution in [2.75, 3.05) is 18.7 Å². The number of furan rings is 1. The van der Waals surface area contributed by atoms with E-state index >= 15 is 0 Å². The van der Waals surface area contributed by atoms with E-state index in [4.69, 9.17) is 18.6 Å². The van der Waals surface area contributed by atoms with Crippen LogP contribution in [0.25, 0.3) is 22.3 Å². The lowest BCUT2D eigenvalue weighted by Crippen LogP contribution is -2.27. The molecule has 0 radical (unpaired) electrons. The van der Waals surface area contributed by atoms with E-state index in [9.17, 15) is 14.9 Å². The molecule has 0 aliphatic carbocycles. The van der Waals surface area contributed by atoms with Crippen LogP contribution in [0.1, 0.15) is 27.7 Å². The number of nitro groups is 1. The minimum Gasteiger partial charge on any atom is -0.468 e. The summed E-state index contributed by atoms with van der Waals surface area (Å²) in [5.74, 6) is 0.380. The normalized spacial score (nSPS) is 11.4. The highest BCUT2D eigenvalue weighted by molar-refractivity contribution is 5.87. The number of pyridine rings is 1. The molecule has 0 saturated heterocycles. The zero-order valence-electron chi connectivity index (χ0n) is 17.6. The van der Waals surface area contributed by atoms with Gasteiger partial charge in [-0.1, -0.05) is 0 Å². The molecule has 10 nitrogen and oxygen atoms in total. The van der Waals surface area contributed by atoms with E-state index in [-0.39, 0.29) is 23.9 Å². The highest BCUT2D eigenvalue weighted by Crippen LogP contribution is 2.35. The highest BCUT2D eigenvalue weighted by atomic mass is 16.7. The molecular formula is C21H23N3O7. The Bertz CT molecular complexity index is 1100. The quantitative estimate of drug-likeness (QED) is 0.237. The molecule has 0 spiro atoms. The van der Waals surface area contributed by atoms with Gasteiger partial charge in [-0.15, -0.1) is 0 Å². The van der Waals surface area contributed by atoms with Gasteiger partial charge in [-0.3, -0.25) is 5.32 Å². The third-order valence-corrected chi connectivity index (χ3v) is 3.94. The fourth-order valence-corrected chi connectivity index (χ4v) is 2.69. The van der Waals surface area contributed by atoms with Gasteiger partial charge in [0.2, 0.25) is 0 Å². The van der Waals surface area contributed by atoms with Crippen molar-refractivity contribution in [2.24, 2.45) is 0 Å². The Hall–Kier alpha value is -3.66. The second-order valence-electron chi connectivity index (χ2n) is 7.52. The van der Waals surface area contributed by atoms with Crippen molar-refractivity contribution >= 4 is 28.7 Å². The Morgan fingerprint density at radius 3 is 2.68 bits per heavy atom. The number of carbonyl (C=O) groups excluding carboxylic acids is 1. The van der Waals surface area contributed by atoms with Crippen molar-refractivity contribution in [3.05, 3.63) is 46.5 Å². The molecule has 3 rings (SSSR count). The van der Waals surface area contributed by atoms with Crippen LogP contribution in [0.2, 0.25) is 0 Å². The van der Waals surface area contributed by atoms with Crippen molar-refractivity contribution < 1.29 is 28.3 Å². The molecule has 2 aromatic heterocycles. The summed E-state index contributed by atoms with van der Waals surface area (Å²) in [5.41, 5.74) is -0.00752. The number of benzene rings is 1. The third-order valence-electron chi connectivity index (χ3n) is 3.94. The summed E-state index contributed by atoms with van der Waals surface area (Å²) in [6, 6.07) is 9.73. The van der Waals surface area contributed by atoms with E-state index in [1.165, 1.54) is 12.1 Å². The van der Waals surface area contributed by atoms with Gasteiger partial charge in [-0.05, 0) is 67.9 Å². The standard InChI is InChI=1S/C21H23N3O7/c1-5-28-12-29-14-6-8-16-13(10-14)11-17(30-16)15-7-9-18(22-19(15)24(26)27)23-20(25)31-21(2,3)4/h6-11H,5,12H2,1-4H3,(H,22,23,25). The molecule has 0 bridgehead atoms. The number of nitrogens with zero attached hydrogens (tertiary/aromatic N) is 2. The van der Waals surface area contributed by atoms with E-state index in [1.807, 2.05) is 6.92 Å². The number of amides is 1. The molecule has 164 valence electrons. The van der Waals surface area contributed by atoms with Gasteiger partial charge < -0.3 is 28.7 Å². The molecule has 0 aliphatic rings. The average molecular weight is 429 g/mol. The maximum atomic E-state index is 11.9. The molecule has 1 N–H and O–H groups in total. The molecule has 1 amide bonds. The zero-order valence-corrected chi connectivity index (χ0v) is 17.6. The smallest absolute Gasteiger partial charge is 0.415 e. The lowest BCUT2D eigenvalue weighted by atomic mass is 10.1. The average Bonchev–Trinajstić information content (AvgIpc) is 3.09. The number of fused-ring (bicyclic) bond motifs is 1. The third kappa shape index (κ3) is 5.70. The molecule has 31 heavy (non-hydrogen) atoms. The zero-order chi connectivity index (χ0) is 22.6. The van der Waals surface area contributed by atoms with Gasteiger partial charge in [-0.25, -0.2) is 4.79 Å². The number of rotatable bonds is 7. The fraction of sp³-hybridized carbons (Fsp3) is 0.333. The Morgan fingerprint density at radius 1 is 1.23 bits per heavy atom. The number of hydrogen-bond donors (Lipinski definition) is 1. The Kier molecular flexibility index (Phi) is 6.40. The lowest BCUT2D eigenvalue weighted by Gasteiger charge is -2.18. The van der Waals surface area contributed by atoms with Crippen LogP contribution in [0.15, 0.2) is 40.8 Å². The first-order chi connectivity index (χ1) is 14.7. The van der Waals surface area contributed by atoms with Crippen molar-refractivity contribution in [1.82, 2.24) is 4.98 Å². The first-order valence-corrected chi connectivity index (χ1v) is 9.56. The van der Waals surface area contributed by atoms with Crippen molar-refractivity contribution in [1.29, 1.82) is 0 Å². The predicted octanol–water partition coefficient (Wildman–Crippen LogP) is 5.12. The molecule has 0 atom stereocenters. The largest absolute Gasteiger partial charge is 0.468 e. The summed E-state index contributed by atoms with van der Waals surface area (Å²) in [6.07, 6.45) is -0.759. The Balaban J connectivity index is 1.88. The molecule has 2 heterocycles. The van der Waals surface area contributed by atoms with Gasteiger partial charge in [0.05, 0.1) is 0 Å². The molecule has 3 aromatic rings. The van der Waals surface area contributed by atoms with Crippen LogP contribution < -0.4 is 10.1 Å². The van der Waals surface area contributed by atoms with Crippen molar-refractivity contribution in [2.45, 2.75) is 33.3 Å². The first-order valence-electron chi connectivity index (χ1n) is 9.56. The van der Waals surface area contributed by atoms with Crippen LogP contribution in [0, 0.1) is 10.1 Å². The van der Waals surface area contributed by atoms with Gasteiger partial charge in [0.1, 0.15) is 28.3 Å². The SMILES string of the molecule is CCOCOc1ccc2oc(-c3ccc(NC(=O)OC(C)(C)C)nc3[N+](=O)[O-])cc2c1. The second-order valence-corrected chi connectivity index (χ2v) is 7.52. The first kappa shape index (κ1) is 22.0. The minimum absolute atomic E-state index is 0.00702. The van der Waals surface area contributed by atoms with Crippen LogP contribution >= 0.6 is 0 Å². The highest BCUT2D eigenvalue weighted by Gasteiger charge is 2.24. The summed E-state index contributed by atoms with van der Waals surface area (Å²) >= 11 is 0. The molecular weight excluding hydrogens is 406 g/mol. The molecule has 0 unspecified atom stereocenters. The summed E-state index contributed by atoms with van der Waals surface area (Å²) < 4.78 is 21.6. The van der Waals surface area contributed by atoms with Gasteiger partial charge in [0, 0.05) is 18.1 Å². The monoisotopic (exact) mass is 429 g/mol. The van der Waals surface area contributed by atoms with Crippen LogP contribution in [0.5, 0.6) is 5.75 Å². The molecule has 0 saturated carbocycles. The second kappa shape index (κ2) is 9.00. The topological polar surface area (TPSA) is 126 Å². The molecule has 0 aliphatic heterocycles. The van der Waals surface area contributed by atoms with Crippen LogP contribution in [0.4, 0.5) is 16.4 Å². The molecule has 1 aromatic carbocycles. The molecule has 10 heteroatoms. The number of aromatic nitrogens is 1. The van der Waals surface area contributed by atoms with E-state index < -0.39 is 22.4 Å². The van der Waals surface area contributed by atoms with Crippen LogP contribution in [-0.4, -0.2) is 35.0 Å². The predicted molar refractivity (Wildman–Crippen MR) is 113 cm³/mol. The van der Waals surface area contributed by atoms with Gasteiger partial charge in [0.15, 0.2) is 6.79 Å². The van der Waals surface area contributed by atoms with E-state index in [0.29, 0.717) is 23.3 Å². The maximum absolute atomic E-state index is 11.9. The summed E-state index contributed by atoms with van der Waals surface area (Å²) in [5, 5.41) is 14.7. The number of ether oxygens (including phenoxy) is 3.